The van der Waals surface area contributed by atoms with Crippen molar-refractivity contribution in [3.8, 4) is 11.4 Å². The first-order valence-corrected chi connectivity index (χ1v) is 9.34. The molecule has 1 unspecified atom stereocenters. The number of nitrogens with zero attached hydrogens (tertiary/aromatic N) is 4. The fourth-order valence-corrected chi connectivity index (χ4v) is 3.43. The first kappa shape index (κ1) is 17.9. The van der Waals surface area contributed by atoms with Crippen molar-refractivity contribution in [2.24, 2.45) is 0 Å². The number of halogens is 1. The topological polar surface area (TPSA) is 79.1 Å². The minimum Gasteiger partial charge on any atom is -0.462 e. The van der Waals surface area contributed by atoms with Gasteiger partial charge in [0.15, 0.2) is 10.8 Å². The van der Waals surface area contributed by atoms with Crippen LogP contribution in [0.5, 0.6) is 0 Å². The Kier molecular flexibility index (Phi) is 5.05. The normalized spacial score (nSPS) is 17.2. The predicted molar refractivity (Wildman–Crippen MR) is 101 cm³/mol. The number of fused-ring (bicyclic) bond motifs is 1. The van der Waals surface area contributed by atoms with Crippen LogP contribution in [0.15, 0.2) is 30.6 Å². The molecular weight excluding hydrogens is 368 g/mol. The van der Waals surface area contributed by atoms with Crippen molar-refractivity contribution in [2.45, 2.75) is 32.4 Å². The van der Waals surface area contributed by atoms with E-state index in [9.17, 15) is 4.79 Å². The Morgan fingerprint density at radius 2 is 2.11 bits per heavy atom. The second-order valence-electron chi connectivity index (χ2n) is 6.26. The predicted octanol–water partition coefficient (Wildman–Crippen LogP) is 4.02. The number of hydrogen-bond acceptors (Lipinski definition) is 6. The Labute approximate surface area is 161 Å². The molecule has 7 nitrogen and oxygen atoms in total. The van der Waals surface area contributed by atoms with Crippen molar-refractivity contribution in [3.05, 3.63) is 41.3 Å². The summed E-state index contributed by atoms with van der Waals surface area (Å²) in [7, 11) is 0. The second-order valence-corrected chi connectivity index (χ2v) is 6.62. The van der Waals surface area contributed by atoms with Crippen molar-refractivity contribution in [1.82, 2.24) is 19.5 Å². The SMILES string of the molecule is CCOC(=O)c1ccc(-c2nc3c(Cl)ncnc3n2C2CCCCO2)cc1. The van der Waals surface area contributed by atoms with Gasteiger partial charge in [-0.25, -0.2) is 19.7 Å². The van der Waals surface area contributed by atoms with E-state index < -0.39 is 0 Å². The fraction of sp³-hybridized carbons (Fsp3) is 0.368. The van der Waals surface area contributed by atoms with Crippen LogP contribution in [0, 0.1) is 0 Å². The van der Waals surface area contributed by atoms with E-state index in [2.05, 4.69) is 15.0 Å². The van der Waals surface area contributed by atoms with E-state index in [0.29, 0.717) is 40.9 Å². The third-order valence-electron chi connectivity index (χ3n) is 4.53. The molecule has 0 spiro atoms. The first-order chi connectivity index (χ1) is 13.2. The lowest BCUT2D eigenvalue weighted by Crippen LogP contribution is -2.19. The molecule has 0 amide bonds. The average molecular weight is 387 g/mol. The van der Waals surface area contributed by atoms with Crippen LogP contribution < -0.4 is 0 Å². The zero-order valence-corrected chi connectivity index (χ0v) is 15.6. The molecule has 8 heteroatoms. The van der Waals surface area contributed by atoms with Crippen LogP contribution in [0.25, 0.3) is 22.6 Å². The van der Waals surface area contributed by atoms with Gasteiger partial charge in [0, 0.05) is 12.2 Å². The Morgan fingerprint density at radius 3 is 2.81 bits per heavy atom. The summed E-state index contributed by atoms with van der Waals surface area (Å²) >= 11 is 6.24. The van der Waals surface area contributed by atoms with E-state index >= 15 is 0 Å². The molecule has 0 bridgehead atoms. The monoisotopic (exact) mass is 386 g/mol. The molecule has 1 aliphatic rings. The van der Waals surface area contributed by atoms with Crippen LogP contribution in [0.3, 0.4) is 0 Å². The van der Waals surface area contributed by atoms with Gasteiger partial charge in [0.1, 0.15) is 23.9 Å². The summed E-state index contributed by atoms with van der Waals surface area (Å²) in [5, 5.41) is 0.305. The Bertz CT molecular complexity index is 965. The standard InChI is InChI=1S/C19H19ClN4O3/c1-2-26-19(25)13-8-6-12(7-9-13)17-23-15-16(20)21-11-22-18(15)24(17)14-5-3-4-10-27-14/h6-9,11,14H,2-5,10H2,1H3. The molecule has 1 aliphatic heterocycles. The van der Waals surface area contributed by atoms with E-state index in [1.54, 1.807) is 19.1 Å². The molecular formula is C19H19ClN4O3. The van der Waals surface area contributed by atoms with Crippen molar-refractivity contribution in [3.63, 3.8) is 0 Å². The molecule has 1 atom stereocenters. The van der Waals surface area contributed by atoms with Gasteiger partial charge in [0.05, 0.1) is 12.2 Å². The zero-order chi connectivity index (χ0) is 18.8. The summed E-state index contributed by atoms with van der Waals surface area (Å²) in [5.41, 5.74) is 2.52. The number of benzene rings is 1. The smallest absolute Gasteiger partial charge is 0.338 e. The molecule has 2 aromatic heterocycles. The maximum Gasteiger partial charge on any atom is 0.338 e. The van der Waals surface area contributed by atoms with Gasteiger partial charge in [-0.1, -0.05) is 23.7 Å². The molecule has 140 valence electrons. The number of imidazole rings is 1. The van der Waals surface area contributed by atoms with E-state index in [1.807, 2.05) is 16.7 Å². The Hall–Kier alpha value is -2.51. The van der Waals surface area contributed by atoms with E-state index in [-0.39, 0.29) is 12.2 Å². The van der Waals surface area contributed by atoms with Gasteiger partial charge in [-0.3, -0.25) is 4.57 Å². The minimum atomic E-state index is -0.345. The van der Waals surface area contributed by atoms with Crippen LogP contribution in [-0.4, -0.2) is 38.7 Å². The number of carbonyl (C=O) groups excluding carboxylic acids is 1. The molecule has 1 fully saturated rings. The van der Waals surface area contributed by atoms with Gasteiger partial charge in [-0.15, -0.1) is 0 Å². The zero-order valence-electron chi connectivity index (χ0n) is 14.9. The Morgan fingerprint density at radius 1 is 1.30 bits per heavy atom. The summed E-state index contributed by atoms with van der Waals surface area (Å²) in [6.45, 7) is 2.82. The summed E-state index contributed by atoms with van der Waals surface area (Å²) in [6.07, 6.45) is 4.27. The molecule has 3 aromatic rings. The lowest BCUT2D eigenvalue weighted by molar-refractivity contribution is -0.0287. The highest BCUT2D eigenvalue weighted by atomic mass is 35.5. The van der Waals surface area contributed by atoms with Crippen molar-refractivity contribution in [1.29, 1.82) is 0 Å². The molecule has 0 aliphatic carbocycles. The first-order valence-electron chi connectivity index (χ1n) is 8.96. The summed E-state index contributed by atoms with van der Waals surface area (Å²) in [6, 6.07) is 7.14. The number of aromatic nitrogens is 4. The third-order valence-corrected chi connectivity index (χ3v) is 4.81. The van der Waals surface area contributed by atoms with E-state index in [0.717, 1.165) is 24.8 Å². The third kappa shape index (κ3) is 3.40. The minimum absolute atomic E-state index is 0.158. The number of esters is 1. The quantitative estimate of drug-likeness (QED) is 0.497. The van der Waals surface area contributed by atoms with E-state index in [4.69, 9.17) is 21.1 Å². The average Bonchev–Trinajstić information content (AvgIpc) is 3.10. The van der Waals surface area contributed by atoms with Crippen LogP contribution >= 0.6 is 11.6 Å². The van der Waals surface area contributed by atoms with Crippen molar-refractivity contribution in [2.75, 3.05) is 13.2 Å². The van der Waals surface area contributed by atoms with Crippen LogP contribution in [-0.2, 0) is 9.47 Å². The number of ether oxygens (including phenoxy) is 2. The van der Waals surface area contributed by atoms with Crippen LogP contribution in [0.2, 0.25) is 5.15 Å². The number of hydrogen-bond donors (Lipinski definition) is 0. The molecule has 0 saturated carbocycles. The highest BCUT2D eigenvalue weighted by molar-refractivity contribution is 6.33. The van der Waals surface area contributed by atoms with Gasteiger partial charge < -0.3 is 9.47 Å². The van der Waals surface area contributed by atoms with Crippen LogP contribution in [0.1, 0.15) is 42.8 Å². The van der Waals surface area contributed by atoms with Gasteiger partial charge in [0.2, 0.25) is 0 Å². The van der Waals surface area contributed by atoms with Gasteiger partial charge in [-0.05, 0) is 38.3 Å². The molecule has 1 saturated heterocycles. The largest absolute Gasteiger partial charge is 0.462 e. The fourth-order valence-electron chi connectivity index (χ4n) is 3.25. The summed E-state index contributed by atoms with van der Waals surface area (Å²) in [4.78, 5) is 25.0. The van der Waals surface area contributed by atoms with Crippen LogP contribution in [0.4, 0.5) is 0 Å². The number of rotatable bonds is 4. The molecule has 0 N–H and O–H groups in total. The van der Waals surface area contributed by atoms with Gasteiger partial charge >= 0.3 is 5.97 Å². The highest BCUT2D eigenvalue weighted by Gasteiger charge is 2.25. The van der Waals surface area contributed by atoms with Crippen molar-refractivity contribution >= 4 is 28.7 Å². The van der Waals surface area contributed by atoms with Gasteiger partial charge in [0.25, 0.3) is 0 Å². The molecule has 1 aromatic carbocycles. The molecule has 0 radical (unpaired) electrons. The van der Waals surface area contributed by atoms with E-state index in [1.165, 1.54) is 6.33 Å². The number of carbonyl (C=O) groups is 1. The highest BCUT2D eigenvalue weighted by Crippen LogP contribution is 2.33. The molecule has 27 heavy (non-hydrogen) atoms. The maximum absolute atomic E-state index is 11.9. The molecule has 4 rings (SSSR count). The lowest BCUT2D eigenvalue weighted by atomic mass is 10.1. The Balaban J connectivity index is 1.80. The van der Waals surface area contributed by atoms with Gasteiger partial charge in [-0.2, -0.15) is 0 Å². The summed E-state index contributed by atoms with van der Waals surface area (Å²) < 4.78 is 13.0. The maximum atomic E-state index is 11.9. The summed E-state index contributed by atoms with van der Waals surface area (Å²) in [5.74, 6) is 0.344. The van der Waals surface area contributed by atoms with Crippen molar-refractivity contribution < 1.29 is 14.3 Å². The molecule has 3 heterocycles. The lowest BCUT2D eigenvalue weighted by Gasteiger charge is -2.25. The second kappa shape index (κ2) is 7.62.